The summed E-state index contributed by atoms with van der Waals surface area (Å²) in [5.74, 6) is 0.960. The predicted octanol–water partition coefficient (Wildman–Crippen LogP) is 3.12. The molecule has 3 N–H and O–H groups in total. The molecular weight excluding hydrogens is 436 g/mol. The molecule has 184 valence electrons. The summed E-state index contributed by atoms with van der Waals surface area (Å²) >= 11 is 0. The number of anilines is 2. The number of hydrogen-bond donors (Lipinski definition) is 3. The molecule has 0 unspecified atom stereocenters. The van der Waals surface area contributed by atoms with Gasteiger partial charge in [-0.05, 0) is 63.5 Å². The first-order valence-corrected chi connectivity index (χ1v) is 11.3. The average Bonchev–Trinajstić information content (AvgIpc) is 2.81. The fraction of sp³-hybridized carbons (Fsp3) is 0.440. The first-order chi connectivity index (χ1) is 16.2. The van der Waals surface area contributed by atoms with Crippen LogP contribution in [-0.4, -0.2) is 79.9 Å². The summed E-state index contributed by atoms with van der Waals surface area (Å²) in [6.07, 6.45) is -0.146. The van der Waals surface area contributed by atoms with E-state index in [0.29, 0.717) is 41.5 Å². The lowest BCUT2D eigenvalue weighted by Gasteiger charge is -2.37. The number of aliphatic hydroxyl groups is 1. The fourth-order valence-electron chi connectivity index (χ4n) is 3.85. The molecule has 0 spiro atoms. The van der Waals surface area contributed by atoms with Crippen LogP contribution in [0.1, 0.15) is 24.2 Å². The van der Waals surface area contributed by atoms with Gasteiger partial charge in [-0.2, -0.15) is 0 Å². The van der Waals surface area contributed by atoms with Gasteiger partial charge in [0, 0.05) is 30.4 Å². The van der Waals surface area contributed by atoms with Crippen molar-refractivity contribution in [2.45, 2.75) is 26.0 Å². The lowest BCUT2D eigenvalue weighted by Crippen LogP contribution is -2.49. The van der Waals surface area contributed by atoms with Crippen molar-refractivity contribution in [1.82, 2.24) is 9.80 Å². The van der Waals surface area contributed by atoms with Gasteiger partial charge in [-0.25, -0.2) is 4.79 Å². The monoisotopic (exact) mass is 470 g/mol. The van der Waals surface area contributed by atoms with Gasteiger partial charge < -0.3 is 35.0 Å². The number of nitrogens with one attached hydrogen (secondary N) is 2. The van der Waals surface area contributed by atoms with E-state index < -0.39 is 6.03 Å². The molecule has 0 bridgehead atoms. The highest BCUT2D eigenvalue weighted by Crippen LogP contribution is 2.30. The number of ether oxygens (including phenoxy) is 2. The summed E-state index contributed by atoms with van der Waals surface area (Å²) in [7, 11) is 5.53. The number of rotatable bonds is 7. The minimum absolute atomic E-state index is 0.0570. The van der Waals surface area contributed by atoms with E-state index in [-0.39, 0.29) is 30.6 Å². The van der Waals surface area contributed by atoms with Crippen LogP contribution in [0.15, 0.2) is 42.5 Å². The van der Waals surface area contributed by atoms with Crippen LogP contribution >= 0.6 is 0 Å². The van der Waals surface area contributed by atoms with E-state index in [1.807, 2.05) is 32.8 Å². The maximum Gasteiger partial charge on any atom is 0.323 e. The van der Waals surface area contributed by atoms with Crippen molar-refractivity contribution in [3.05, 3.63) is 48.0 Å². The van der Waals surface area contributed by atoms with Crippen LogP contribution in [0, 0.1) is 5.92 Å². The van der Waals surface area contributed by atoms with Gasteiger partial charge in [-0.15, -0.1) is 0 Å². The van der Waals surface area contributed by atoms with Gasteiger partial charge >= 0.3 is 6.03 Å². The molecule has 3 amide bonds. The highest BCUT2D eigenvalue weighted by atomic mass is 16.5. The summed E-state index contributed by atoms with van der Waals surface area (Å²) in [5.41, 5.74) is 1.40. The van der Waals surface area contributed by atoms with Crippen molar-refractivity contribution < 1.29 is 24.2 Å². The second-order valence-electron chi connectivity index (χ2n) is 8.90. The minimum atomic E-state index is -0.441. The highest BCUT2D eigenvalue weighted by Gasteiger charge is 2.33. The smallest absolute Gasteiger partial charge is 0.323 e. The Bertz CT molecular complexity index is 995. The molecule has 1 aliphatic heterocycles. The number of methoxy groups -OCH3 is 1. The van der Waals surface area contributed by atoms with Crippen LogP contribution in [0.25, 0.3) is 0 Å². The van der Waals surface area contributed by atoms with Gasteiger partial charge in [0.15, 0.2) is 0 Å². The number of aliphatic hydroxyl groups excluding tert-OH is 1. The van der Waals surface area contributed by atoms with Crippen molar-refractivity contribution in [1.29, 1.82) is 0 Å². The maximum absolute atomic E-state index is 13.4. The molecule has 9 nitrogen and oxygen atoms in total. The van der Waals surface area contributed by atoms with E-state index in [0.717, 1.165) is 0 Å². The van der Waals surface area contributed by atoms with Crippen molar-refractivity contribution >= 4 is 23.3 Å². The molecule has 3 atom stereocenters. The van der Waals surface area contributed by atoms with Gasteiger partial charge in [0.05, 0.1) is 25.3 Å². The SMILES string of the molecule is COc1ccc(NC(=O)Nc2ccc3c(c2)C(=O)N([C@@H](C)CO)C[C@H](C)[C@@H](CN(C)C)O3)cc1. The molecule has 2 aromatic carbocycles. The number of benzene rings is 2. The Hall–Kier alpha value is -3.30. The van der Waals surface area contributed by atoms with Crippen LogP contribution in [-0.2, 0) is 0 Å². The van der Waals surface area contributed by atoms with Crippen LogP contribution in [0.3, 0.4) is 0 Å². The number of hydrogen-bond acceptors (Lipinski definition) is 6. The minimum Gasteiger partial charge on any atom is -0.497 e. The third kappa shape index (κ3) is 6.18. The third-order valence-corrected chi connectivity index (χ3v) is 5.82. The maximum atomic E-state index is 13.4. The van der Waals surface area contributed by atoms with E-state index in [1.54, 1.807) is 54.5 Å². The molecule has 2 aromatic rings. The Balaban J connectivity index is 1.85. The molecule has 9 heteroatoms. The molecule has 1 aliphatic rings. The average molecular weight is 471 g/mol. The van der Waals surface area contributed by atoms with E-state index in [1.165, 1.54) is 0 Å². The standard InChI is InChI=1S/C25H34N4O5/c1-16-13-29(17(2)15-30)24(31)21-12-19(8-11-22(21)34-23(16)14-28(3)4)27-25(32)26-18-6-9-20(33-5)10-7-18/h6-12,16-17,23,30H,13-15H2,1-5H3,(H2,26,27,32)/t16-,17-,23+/m0/s1. The fourth-order valence-corrected chi connectivity index (χ4v) is 3.85. The van der Waals surface area contributed by atoms with E-state index in [9.17, 15) is 14.7 Å². The molecule has 3 rings (SSSR count). The number of urea groups is 1. The zero-order valence-corrected chi connectivity index (χ0v) is 20.4. The van der Waals surface area contributed by atoms with Crippen LogP contribution in [0.5, 0.6) is 11.5 Å². The first-order valence-electron chi connectivity index (χ1n) is 11.3. The third-order valence-electron chi connectivity index (χ3n) is 5.82. The number of carbonyl (C=O) groups excluding carboxylic acids is 2. The Morgan fingerprint density at radius 1 is 1.21 bits per heavy atom. The van der Waals surface area contributed by atoms with Gasteiger partial charge in [-0.3, -0.25) is 4.79 Å². The molecule has 1 heterocycles. The van der Waals surface area contributed by atoms with Gasteiger partial charge in [0.25, 0.3) is 5.91 Å². The van der Waals surface area contributed by atoms with Crippen molar-refractivity contribution in [2.75, 3.05) is 51.5 Å². The first kappa shape index (κ1) is 25.3. The lowest BCUT2D eigenvalue weighted by molar-refractivity contribution is 0.0363. The topological polar surface area (TPSA) is 103 Å². The molecule has 0 saturated heterocycles. The number of carbonyl (C=O) groups is 2. The zero-order chi connectivity index (χ0) is 24.8. The quantitative estimate of drug-likeness (QED) is 0.575. The molecule has 0 radical (unpaired) electrons. The molecule has 0 aromatic heterocycles. The summed E-state index contributed by atoms with van der Waals surface area (Å²) in [5, 5.41) is 15.3. The highest BCUT2D eigenvalue weighted by molar-refractivity contribution is 6.02. The van der Waals surface area contributed by atoms with Crippen molar-refractivity contribution in [2.24, 2.45) is 5.92 Å². The van der Waals surface area contributed by atoms with E-state index in [2.05, 4.69) is 10.6 Å². The summed E-state index contributed by atoms with van der Waals surface area (Å²) in [6.45, 7) is 4.85. The Labute approximate surface area is 200 Å². The summed E-state index contributed by atoms with van der Waals surface area (Å²) in [6, 6.07) is 11.2. The molecule has 34 heavy (non-hydrogen) atoms. The largest absolute Gasteiger partial charge is 0.497 e. The normalized spacial score (nSPS) is 18.9. The van der Waals surface area contributed by atoms with Gasteiger partial charge in [0.1, 0.15) is 17.6 Å². The second kappa shape index (κ2) is 11.2. The number of fused-ring (bicyclic) bond motifs is 1. The molecular formula is C25H34N4O5. The molecule has 0 aliphatic carbocycles. The van der Waals surface area contributed by atoms with Gasteiger partial charge in [-0.1, -0.05) is 6.92 Å². The van der Waals surface area contributed by atoms with Gasteiger partial charge in [0.2, 0.25) is 0 Å². The predicted molar refractivity (Wildman–Crippen MR) is 132 cm³/mol. The van der Waals surface area contributed by atoms with E-state index >= 15 is 0 Å². The van der Waals surface area contributed by atoms with Crippen LogP contribution in [0.4, 0.5) is 16.2 Å². The zero-order valence-electron chi connectivity index (χ0n) is 20.4. The summed E-state index contributed by atoms with van der Waals surface area (Å²) in [4.78, 5) is 29.7. The van der Waals surface area contributed by atoms with Crippen LogP contribution in [0.2, 0.25) is 0 Å². The number of nitrogens with zero attached hydrogens (tertiary/aromatic N) is 2. The Kier molecular flexibility index (Phi) is 8.36. The summed E-state index contributed by atoms with van der Waals surface area (Å²) < 4.78 is 11.4. The molecule has 0 fully saturated rings. The van der Waals surface area contributed by atoms with E-state index in [4.69, 9.17) is 9.47 Å². The Morgan fingerprint density at radius 3 is 2.47 bits per heavy atom. The Morgan fingerprint density at radius 2 is 1.85 bits per heavy atom. The lowest BCUT2D eigenvalue weighted by atomic mass is 9.99. The second-order valence-corrected chi connectivity index (χ2v) is 8.90. The molecule has 0 saturated carbocycles. The van der Waals surface area contributed by atoms with Crippen molar-refractivity contribution in [3.63, 3.8) is 0 Å². The van der Waals surface area contributed by atoms with Crippen LogP contribution < -0.4 is 20.1 Å². The number of amides is 3. The number of likely N-dealkylation sites (N-methyl/N-ethyl adjacent to an activating group) is 1. The van der Waals surface area contributed by atoms with Crippen molar-refractivity contribution in [3.8, 4) is 11.5 Å².